The van der Waals surface area contributed by atoms with E-state index >= 15 is 0 Å². The molecule has 0 aliphatic carbocycles. The zero-order valence-electron chi connectivity index (χ0n) is 12.1. The number of nitrogens with two attached hydrogens (primary N) is 1. The Morgan fingerprint density at radius 1 is 1.21 bits per heavy atom. The van der Waals surface area contributed by atoms with E-state index in [9.17, 15) is 0 Å². The summed E-state index contributed by atoms with van der Waals surface area (Å²) in [5.41, 5.74) is 9.21. The van der Waals surface area contributed by atoms with E-state index < -0.39 is 0 Å². The van der Waals surface area contributed by atoms with Crippen LogP contribution in [0.1, 0.15) is 47.8 Å². The van der Waals surface area contributed by atoms with Crippen LogP contribution in [-0.2, 0) is 0 Å². The molecular formula is C14H23N3S2. The maximum absolute atomic E-state index is 5.78. The minimum absolute atomic E-state index is 0.333. The van der Waals surface area contributed by atoms with Gasteiger partial charge in [0.2, 0.25) is 0 Å². The van der Waals surface area contributed by atoms with Gasteiger partial charge >= 0.3 is 0 Å². The van der Waals surface area contributed by atoms with Crippen LogP contribution in [0.4, 0.5) is 0 Å². The topological polar surface area (TPSA) is 51.8 Å². The predicted molar refractivity (Wildman–Crippen MR) is 86.1 cm³/mol. The molecule has 1 aromatic heterocycles. The molecule has 2 rings (SSSR count). The Bertz CT molecular complexity index is 427. The Kier molecular flexibility index (Phi) is 5.15. The van der Waals surface area contributed by atoms with E-state index in [-0.39, 0.29) is 0 Å². The molecule has 5 heteroatoms. The average molecular weight is 297 g/mol. The Morgan fingerprint density at radius 2 is 1.79 bits per heavy atom. The number of aryl methyl sites for hydroxylation is 2. The third-order valence-electron chi connectivity index (χ3n) is 3.63. The van der Waals surface area contributed by atoms with Gasteiger partial charge in [-0.05, 0) is 31.9 Å². The SMILES string of the molecule is Cc1nc(C2SCCSC2C)nc(C)c1C(C)CN. The van der Waals surface area contributed by atoms with E-state index in [2.05, 4.69) is 27.7 Å². The summed E-state index contributed by atoms with van der Waals surface area (Å²) in [4.78, 5) is 9.55. The van der Waals surface area contributed by atoms with Crippen LogP contribution in [0.5, 0.6) is 0 Å². The molecule has 19 heavy (non-hydrogen) atoms. The lowest BCUT2D eigenvalue weighted by molar-refractivity contribution is 0.721. The van der Waals surface area contributed by atoms with Crippen LogP contribution in [0.25, 0.3) is 0 Å². The minimum Gasteiger partial charge on any atom is -0.330 e. The first-order chi connectivity index (χ1) is 9.04. The van der Waals surface area contributed by atoms with E-state index in [0.717, 1.165) is 17.2 Å². The minimum atomic E-state index is 0.333. The van der Waals surface area contributed by atoms with Crippen molar-refractivity contribution in [1.82, 2.24) is 9.97 Å². The second kappa shape index (κ2) is 6.46. The number of hydrogen-bond donors (Lipinski definition) is 1. The summed E-state index contributed by atoms with van der Waals surface area (Å²) >= 11 is 4.02. The highest BCUT2D eigenvalue weighted by molar-refractivity contribution is 8.06. The summed E-state index contributed by atoms with van der Waals surface area (Å²) in [6.45, 7) is 9.25. The molecule has 1 fully saturated rings. The van der Waals surface area contributed by atoms with Gasteiger partial charge in [0.1, 0.15) is 5.82 Å². The smallest absolute Gasteiger partial charge is 0.142 e. The van der Waals surface area contributed by atoms with Crippen molar-refractivity contribution >= 4 is 23.5 Å². The zero-order chi connectivity index (χ0) is 14.0. The second-order valence-corrected chi connectivity index (χ2v) is 7.90. The van der Waals surface area contributed by atoms with Crippen LogP contribution in [0, 0.1) is 13.8 Å². The van der Waals surface area contributed by atoms with Gasteiger partial charge < -0.3 is 5.73 Å². The molecule has 1 aliphatic heterocycles. The molecule has 0 bridgehead atoms. The summed E-state index contributed by atoms with van der Waals surface area (Å²) in [7, 11) is 0. The lowest BCUT2D eigenvalue weighted by Gasteiger charge is -2.27. The molecule has 106 valence electrons. The number of rotatable bonds is 3. The third kappa shape index (κ3) is 3.26. The molecule has 0 spiro atoms. The number of aromatic nitrogens is 2. The molecule has 3 nitrogen and oxygen atoms in total. The molecule has 3 unspecified atom stereocenters. The van der Waals surface area contributed by atoms with E-state index in [1.54, 1.807) is 0 Å². The van der Waals surface area contributed by atoms with Crippen LogP contribution in [0.2, 0.25) is 0 Å². The Morgan fingerprint density at radius 3 is 2.32 bits per heavy atom. The monoisotopic (exact) mass is 297 g/mol. The molecule has 0 radical (unpaired) electrons. The van der Waals surface area contributed by atoms with Crippen LogP contribution >= 0.6 is 23.5 Å². The van der Waals surface area contributed by atoms with Gasteiger partial charge in [0.05, 0.1) is 5.25 Å². The van der Waals surface area contributed by atoms with Gasteiger partial charge in [-0.15, -0.1) is 11.8 Å². The molecular weight excluding hydrogens is 274 g/mol. The highest BCUT2D eigenvalue weighted by atomic mass is 32.2. The Labute approximate surface area is 124 Å². The van der Waals surface area contributed by atoms with Gasteiger partial charge in [0.25, 0.3) is 0 Å². The van der Waals surface area contributed by atoms with Gasteiger partial charge in [-0.1, -0.05) is 13.8 Å². The largest absolute Gasteiger partial charge is 0.330 e. The van der Waals surface area contributed by atoms with Crippen LogP contribution in [0.3, 0.4) is 0 Å². The van der Waals surface area contributed by atoms with Crippen LogP contribution in [-0.4, -0.2) is 33.3 Å². The van der Waals surface area contributed by atoms with Crippen molar-refractivity contribution in [2.45, 2.75) is 44.1 Å². The average Bonchev–Trinajstić information content (AvgIpc) is 2.38. The molecule has 1 saturated heterocycles. The van der Waals surface area contributed by atoms with Crippen molar-refractivity contribution < 1.29 is 0 Å². The second-order valence-electron chi connectivity index (χ2n) is 5.17. The fourth-order valence-corrected chi connectivity index (χ4v) is 5.31. The van der Waals surface area contributed by atoms with Crippen molar-refractivity contribution in [3.8, 4) is 0 Å². The van der Waals surface area contributed by atoms with E-state index in [0.29, 0.717) is 23.0 Å². The van der Waals surface area contributed by atoms with Gasteiger partial charge in [0, 0.05) is 28.1 Å². The lowest BCUT2D eigenvalue weighted by atomic mass is 9.98. The van der Waals surface area contributed by atoms with Crippen molar-refractivity contribution in [3.05, 3.63) is 22.8 Å². The molecule has 3 atom stereocenters. The summed E-state index contributed by atoms with van der Waals surface area (Å²) < 4.78 is 0. The maximum atomic E-state index is 5.78. The standard InChI is InChI=1S/C14H23N3S2/c1-8(7-15)12-9(2)16-14(17-10(12)3)13-11(4)18-5-6-19-13/h8,11,13H,5-7,15H2,1-4H3. The molecule has 1 aliphatic rings. The molecule has 2 heterocycles. The summed E-state index contributed by atoms with van der Waals surface area (Å²) in [6, 6.07) is 0. The molecule has 1 aromatic rings. The lowest BCUT2D eigenvalue weighted by Crippen LogP contribution is -2.21. The fraction of sp³-hybridized carbons (Fsp3) is 0.714. The van der Waals surface area contributed by atoms with Crippen LogP contribution < -0.4 is 5.73 Å². The molecule has 2 N–H and O–H groups in total. The zero-order valence-corrected chi connectivity index (χ0v) is 13.8. The highest BCUT2D eigenvalue weighted by Gasteiger charge is 2.27. The fourth-order valence-electron chi connectivity index (χ4n) is 2.63. The Hall–Kier alpha value is -0.260. The first-order valence-electron chi connectivity index (χ1n) is 6.83. The molecule has 0 amide bonds. The summed E-state index contributed by atoms with van der Waals surface area (Å²) in [5.74, 6) is 3.78. The number of hydrogen-bond acceptors (Lipinski definition) is 5. The van der Waals surface area contributed by atoms with Crippen LogP contribution in [0.15, 0.2) is 0 Å². The molecule has 0 aromatic carbocycles. The van der Waals surface area contributed by atoms with Gasteiger partial charge in [-0.3, -0.25) is 0 Å². The quantitative estimate of drug-likeness (QED) is 0.929. The molecule has 0 saturated carbocycles. The van der Waals surface area contributed by atoms with E-state index in [1.165, 1.54) is 17.1 Å². The number of nitrogens with zero attached hydrogens (tertiary/aromatic N) is 2. The van der Waals surface area contributed by atoms with Gasteiger partial charge in [0.15, 0.2) is 0 Å². The predicted octanol–water partition coefficient (Wildman–Crippen LogP) is 3.07. The maximum Gasteiger partial charge on any atom is 0.142 e. The third-order valence-corrected chi connectivity index (χ3v) is 6.72. The van der Waals surface area contributed by atoms with Crippen molar-refractivity contribution in [1.29, 1.82) is 0 Å². The first kappa shape index (κ1) is 15.1. The van der Waals surface area contributed by atoms with Crippen molar-refractivity contribution in [2.24, 2.45) is 5.73 Å². The first-order valence-corrected chi connectivity index (χ1v) is 8.92. The van der Waals surface area contributed by atoms with E-state index in [4.69, 9.17) is 15.7 Å². The van der Waals surface area contributed by atoms with Crippen molar-refractivity contribution in [3.63, 3.8) is 0 Å². The highest BCUT2D eigenvalue weighted by Crippen LogP contribution is 2.41. The number of thioether (sulfide) groups is 2. The normalized spacial score (nSPS) is 25.3. The summed E-state index contributed by atoms with van der Waals surface area (Å²) in [6.07, 6.45) is 0. The summed E-state index contributed by atoms with van der Waals surface area (Å²) in [5, 5.41) is 1.02. The van der Waals surface area contributed by atoms with Gasteiger partial charge in [-0.25, -0.2) is 9.97 Å². The van der Waals surface area contributed by atoms with Gasteiger partial charge in [-0.2, -0.15) is 11.8 Å². The van der Waals surface area contributed by atoms with E-state index in [1.807, 2.05) is 23.5 Å². The van der Waals surface area contributed by atoms with Crippen molar-refractivity contribution in [2.75, 3.05) is 18.1 Å². The Balaban J connectivity index is 2.33.